The Kier molecular flexibility index (Phi) is 11.5. The van der Waals surface area contributed by atoms with Gasteiger partial charge in [-0.2, -0.15) is 0 Å². The lowest BCUT2D eigenvalue weighted by atomic mass is 9.86. The molecular weight excluding hydrogens is 776 g/mol. The number of aromatic nitrogens is 1. The van der Waals surface area contributed by atoms with Crippen LogP contribution in [0.5, 0.6) is 17.2 Å². The molecule has 15 nitrogen and oxygen atoms in total. The first-order chi connectivity index (χ1) is 28.5. The van der Waals surface area contributed by atoms with Crippen molar-refractivity contribution < 1.29 is 57.4 Å². The summed E-state index contributed by atoms with van der Waals surface area (Å²) in [6.45, 7) is 13.6. The first-order valence-electron chi connectivity index (χ1n) is 20.0. The number of phenols is 1. The molecule has 0 spiro atoms. The number of amides is 1. The third-order valence-electron chi connectivity index (χ3n) is 11.7. The standard InChI is InChI=1S/C45H50N2O13/c1-10-17-55-26-14-15-29-27(19-26)46-33-30-31-35(49)23(5)39-32(30)43(52)45(8,60-39)56-18-16-28(54-9)22(4)40(57-25(7)48)42-36(50)24(6)38(59-42)20(2)12-11-13-21(3)44(53)47-34(37(31)51)41(33)58-29/h11-16,18-20,22,24,28,36,38,40,42,50-51H,10,17H2,1-9H3,(H,47,53)/b12-11+,18-16+,21-13-/t20-,22+,24-,28-,36+,38-,40+,42+,45-/m0/s1. The van der Waals surface area contributed by atoms with Crippen molar-refractivity contribution in [1.29, 1.82) is 0 Å². The summed E-state index contributed by atoms with van der Waals surface area (Å²) < 4.78 is 42.5. The lowest BCUT2D eigenvalue weighted by Crippen LogP contribution is -2.46. The molecule has 0 radical (unpaired) electrons. The van der Waals surface area contributed by atoms with Crippen molar-refractivity contribution in [3.05, 3.63) is 75.7 Å². The van der Waals surface area contributed by atoms with E-state index in [9.17, 15) is 29.4 Å². The average molecular weight is 827 g/mol. The van der Waals surface area contributed by atoms with Gasteiger partial charge in [-0.3, -0.25) is 19.2 Å². The number of hydrogen-bond donors (Lipinski definition) is 3. The van der Waals surface area contributed by atoms with Crippen molar-refractivity contribution in [2.24, 2.45) is 17.8 Å². The van der Waals surface area contributed by atoms with Crippen LogP contribution in [0.2, 0.25) is 0 Å². The van der Waals surface area contributed by atoms with Crippen LogP contribution >= 0.6 is 0 Å². The highest BCUT2D eigenvalue weighted by Gasteiger charge is 2.51. The van der Waals surface area contributed by atoms with Gasteiger partial charge in [0.25, 0.3) is 11.7 Å². The van der Waals surface area contributed by atoms with E-state index >= 15 is 0 Å². The number of ether oxygens (including phenoxy) is 6. The van der Waals surface area contributed by atoms with Gasteiger partial charge in [0.15, 0.2) is 22.3 Å². The number of ketones is 1. The zero-order valence-electron chi connectivity index (χ0n) is 35.0. The molecule has 8 rings (SSSR count). The van der Waals surface area contributed by atoms with Gasteiger partial charge in [0.05, 0.1) is 42.1 Å². The van der Waals surface area contributed by atoms with Gasteiger partial charge in [-0.1, -0.05) is 45.9 Å². The Labute approximate surface area is 345 Å². The van der Waals surface area contributed by atoms with Crippen molar-refractivity contribution in [2.75, 3.05) is 19.0 Å². The topological polar surface area (TPSA) is 202 Å². The first kappa shape index (κ1) is 42.4. The molecule has 60 heavy (non-hydrogen) atoms. The molecule has 9 atom stereocenters. The Morgan fingerprint density at radius 2 is 1.80 bits per heavy atom. The lowest BCUT2D eigenvalue weighted by Gasteiger charge is -2.33. The molecule has 1 fully saturated rings. The van der Waals surface area contributed by atoms with Gasteiger partial charge in [-0.05, 0) is 38.5 Å². The van der Waals surface area contributed by atoms with E-state index in [1.54, 1.807) is 44.2 Å². The van der Waals surface area contributed by atoms with Crippen LogP contribution in [-0.2, 0) is 28.5 Å². The largest absolute Gasteiger partial charge is 0.505 e. The molecule has 0 aliphatic carbocycles. The van der Waals surface area contributed by atoms with Crippen molar-refractivity contribution >= 4 is 56.3 Å². The van der Waals surface area contributed by atoms with Gasteiger partial charge >= 0.3 is 11.8 Å². The number of Topliss-reactive ketones (excluding diaryl/α,β-unsaturated/α-hetero) is 1. The number of carbonyl (C=O) groups is 3. The summed E-state index contributed by atoms with van der Waals surface area (Å²) in [5.41, 5.74) is -0.303. The van der Waals surface area contributed by atoms with Crippen LogP contribution < -0.4 is 20.2 Å². The monoisotopic (exact) mass is 826 g/mol. The van der Waals surface area contributed by atoms with E-state index in [-0.39, 0.29) is 67.4 Å². The predicted molar refractivity (Wildman–Crippen MR) is 221 cm³/mol. The molecule has 15 heteroatoms. The molecule has 1 aromatic heterocycles. The van der Waals surface area contributed by atoms with Crippen LogP contribution in [0.1, 0.15) is 70.8 Å². The van der Waals surface area contributed by atoms with Crippen molar-refractivity contribution in [1.82, 2.24) is 4.98 Å². The minimum Gasteiger partial charge on any atom is -0.505 e. The minimum absolute atomic E-state index is 0.00196. The molecule has 4 aromatic rings. The minimum atomic E-state index is -2.03. The number of aliphatic hydroxyl groups excluding tert-OH is 1. The zero-order chi connectivity index (χ0) is 43.4. The predicted octanol–water partition coefficient (Wildman–Crippen LogP) is 6.56. The van der Waals surface area contributed by atoms with Gasteiger partial charge < -0.3 is 48.4 Å². The van der Waals surface area contributed by atoms with Crippen molar-refractivity contribution in [3.8, 4) is 17.2 Å². The molecule has 1 amide bonds. The van der Waals surface area contributed by atoms with Crippen LogP contribution in [0.3, 0.4) is 0 Å². The van der Waals surface area contributed by atoms with E-state index in [2.05, 4.69) is 5.32 Å². The highest BCUT2D eigenvalue weighted by molar-refractivity contribution is 6.26. The fourth-order valence-corrected chi connectivity index (χ4v) is 8.27. The second-order valence-corrected chi connectivity index (χ2v) is 15.9. The normalized spacial score (nSPS) is 30.3. The smallest absolute Gasteiger partial charge is 0.312 e. The van der Waals surface area contributed by atoms with E-state index in [4.69, 9.17) is 37.8 Å². The van der Waals surface area contributed by atoms with Crippen LogP contribution in [0.4, 0.5) is 5.69 Å². The summed E-state index contributed by atoms with van der Waals surface area (Å²) >= 11 is 0. The summed E-state index contributed by atoms with van der Waals surface area (Å²) in [4.78, 5) is 60.1. The van der Waals surface area contributed by atoms with Gasteiger partial charge in [-0.15, -0.1) is 0 Å². The Bertz CT molecular complexity index is 2560. The van der Waals surface area contributed by atoms with E-state index < -0.39 is 71.1 Å². The number of fused-ring (bicyclic) bond motifs is 9. The maximum Gasteiger partial charge on any atom is 0.312 e. The molecule has 0 saturated carbocycles. The number of benzene rings is 3. The van der Waals surface area contributed by atoms with Gasteiger partial charge in [0.1, 0.15) is 40.4 Å². The fourth-order valence-electron chi connectivity index (χ4n) is 8.27. The summed E-state index contributed by atoms with van der Waals surface area (Å²) in [5, 5.41) is 25.8. The molecule has 4 aliphatic rings. The van der Waals surface area contributed by atoms with E-state index in [1.807, 2.05) is 26.8 Å². The summed E-state index contributed by atoms with van der Waals surface area (Å²) in [6, 6.07) is 4.99. The zero-order valence-corrected chi connectivity index (χ0v) is 35.0. The third kappa shape index (κ3) is 7.28. The van der Waals surface area contributed by atoms with Crippen molar-refractivity contribution in [3.63, 3.8) is 0 Å². The highest BCUT2D eigenvalue weighted by Crippen LogP contribution is 2.48. The van der Waals surface area contributed by atoms with E-state index in [0.29, 0.717) is 17.9 Å². The number of allylic oxidation sites excluding steroid dienone is 2. The Morgan fingerprint density at radius 1 is 1.05 bits per heavy atom. The summed E-state index contributed by atoms with van der Waals surface area (Å²) in [7, 11) is 1.45. The summed E-state index contributed by atoms with van der Waals surface area (Å²) in [5.74, 6) is -5.41. The fraction of sp³-hybridized carbons (Fsp3) is 0.444. The molecule has 7 bridgehead atoms. The van der Waals surface area contributed by atoms with E-state index in [1.165, 1.54) is 40.2 Å². The van der Waals surface area contributed by atoms with Crippen molar-refractivity contribution in [2.45, 2.75) is 98.1 Å². The van der Waals surface area contributed by atoms with Crippen LogP contribution in [0, 0.1) is 24.7 Å². The first-order valence-corrected chi connectivity index (χ1v) is 20.0. The lowest BCUT2D eigenvalue weighted by molar-refractivity contribution is -0.168. The van der Waals surface area contributed by atoms with Gasteiger partial charge in [-0.25, -0.2) is 4.98 Å². The Balaban J connectivity index is 1.45. The number of aliphatic hydroxyl groups is 1. The maximum atomic E-state index is 14.7. The third-order valence-corrected chi connectivity index (χ3v) is 11.7. The van der Waals surface area contributed by atoms with Gasteiger partial charge in [0.2, 0.25) is 0 Å². The van der Waals surface area contributed by atoms with Crippen LogP contribution in [-0.4, -0.2) is 82.9 Å². The number of hydrogen-bond acceptors (Lipinski definition) is 14. The number of carbonyl (C=O) groups excluding carboxylic acids is 3. The SMILES string of the molecule is CCCOc1ccc2oc3c4c(O)c5c(=O)c(C)c6c(c5c3nc2c1)C(=O)[C@@](C)(O/C=C/[C@H](OC)[C@@H](C)[C@@H](OC(C)=O)[C@@H]1O[C@H]([C@@H](C)[C@H]1O)[C@@H](C)/C=C/C=C(/C)C(=O)N4)O6. The molecule has 4 aliphatic heterocycles. The Hall–Kier alpha value is -5.77. The van der Waals surface area contributed by atoms with Gasteiger partial charge in [0, 0.05) is 61.3 Å². The second kappa shape index (κ2) is 16.4. The molecule has 5 heterocycles. The number of anilines is 1. The number of aromatic hydroxyl groups is 1. The Morgan fingerprint density at radius 3 is 2.50 bits per heavy atom. The van der Waals surface area contributed by atoms with Crippen LogP contribution in [0.15, 0.2) is 63.6 Å². The average Bonchev–Trinajstić information content (AvgIpc) is 3.66. The number of rotatable bonds is 5. The number of nitrogens with zero attached hydrogens (tertiary/aromatic N) is 1. The summed E-state index contributed by atoms with van der Waals surface area (Å²) in [6.07, 6.45) is 4.40. The molecule has 3 N–H and O–H groups in total. The molecule has 1 saturated heterocycles. The molecule has 3 aromatic carbocycles. The number of methoxy groups -OCH3 is 1. The molecule has 318 valence electrons. The number of phenolic OH excluding ortho intramolecular Hbond substituents is 1. The molecule has 0 unspecified atom stereocenters. The number of esters is 1. The quantitative estimate of drug-likeness (QED) is 0.0845. The van der Waals surface area contributed by atoms with Crippen LogP contribution in [0.25, 0.3) is 33.0 Å². The highest BCUT2D eigenvalue weighted by atomic mass is 16.7. The second-order valence-electron chi connectivity index (χ2n) is 15.9. The van der Waals surface area contributed by atoms with E-state index in [0.717, 1.165) is 6.42 Å². The number of nitrogens with one attached hydrogen (secondary N) is 1. The maximum absolute atomic E-state index is 14.7. The molecular formula is C45H50N2O13.